The highest BCUT2D eigenvalue weighted by molar-refractivity contribution is 14.1. The Morgan fingerprint density at radius 3 is 2.83 bits per heavy atom. The Balaban J connectivity index is 1.92. The molecule has 120 valence electrons. The summed E-state index contributed by atoms with van der Waals surface area (Å²) >= 11 is 2.17. The van der Waals surface area contributed by atoms with E-state index in [1.54, 1.807) is 4.90 Å². The van der Waals surface area contributed by atoms with Gasteiger partial charge in [0, 0.05) is 24.4 Å². The number of carbonyl (C=O) groups excluding carboxylic acids is 3. The van der Waals surface area contributed by atoms with Crippen molar-refractivity contribution in [2.24, 2.45) is 0 Å². The third-order valence-corrected chi connectivity index (χ3v) is 4.85. The van der Waals surface area contributed by atoms with Gasteiger partial charge in [0.25, 0.3) is 5.91 Å². The van der Waals surface area contributed by atoms with Crippen LogP contribution < -0.4 is 5.32 Å². The lowest BCUT2D eigenvalue weighted by Gasteiger charge is -2.29. The third-order valence-electron chi connectivity index (χ3n) is 4.44. The van der Waals surface area contributed by atoms with Crippen LogP contribution in [0.15, 0.2) is 28.4 Å². The second-order valence-corrected chi connectivity index (χ2v) is 6.61. The maximum absolute atomic E-state index is 12.9. The van der Waals surface area contributed by atoms with Crippen LogP contribution in [0.2, 0.25) is 0 Å². The summed E-state index contributed by atoms with van der Waals surface area (Å²) < 4.78 is 1.94. The predicted octanol–water partition coefficient (Wildman–Crippen LogP) is 2.50. The fourth-order valence-electron chi connectivity index (χ4n) is 3.23. The molecular weight excluding hydrogens is 407 g/mol. The van der Waals surface area contributed by atoms with Crippen LogP contribution in [-0.4, -0.2) is 28.7 Å². The highest BCUT2D eigenvalue weighted by Gasteiger charge is 2.40. The number of fused-ring (bicyclic) bond motifs is 1. The molecule has 0 radical (unpaired) electrons. The molecule has 0 spiro atoms. The van der Waals surface area contributed by atoms with Crippen molar-refractivity contribution in [2.75, 3.05) is 0 Å². The van der Waals surface area contributed by atoms with Gasteiger partial charge in [-0.1, -0.05) is 53.8 Å². The zero-order chi connectivity index (χ0) is 16.6. The number of nitrogens with one attached hydrogen (secondary N) is 1. The average Bonchev–Trinajstić information content (AvgIpc) is 2.85. The molecule has 6 heteroatoms. The molecule has 3 amide bonds. The van der Waals surface area contributed by atoms with Gasteiger partial charge >= 0.3 is 0 Å². The molecule has 23 heavy (non-hydrogen) atoms. The molecule has 1 saturated heterocycles. The Bertz CT molecular complexity index is 714. The number of halogens is 1. The van der Waals surface area contributed by atoms with Crippen LogP contribution in [0.4, 0.5) is 0 Å². The van der Waals surface area contributed by atoms with E-state index in [1.807, 2.05) is 35.3 Å². The average molecular weight is 424 g/mol. The van der Waals surface area contributed by atoms with Crippen LogP contribution in [0.5, 0.6) is 0 Å². The number of imide groups is 1. The van der Waals surface area contributed by atoms with Gasteiger partial charge in [0.1, 0.15) is 6.04 Å². The van der Waals surface area contributed by atoms with E-state index >= 15 is 0 Å². The predicted molar refractivity (Wildman–Crippen MR) is 94.1 cm³/mol. The monoisotopic (exact) mass is 424 g/mol. The molecular formula is C17H17IN2O3. The molecule has 1 fully saturated rings. The van der Waals surface area contributed by atoms with Crippen molar-refractivity contribution in [3.05, 3.63) is 45.0 Å². The van der Waals surface area contributed by atoms with Crippen molar-refractivity contribution in [2.45, 2.75) is 38.3 Å². The van der Waals surface area contributed by atoms with Crippen LogP contribution >= 0.6 is 22.6 Å². The van der Waals surface area contributed by atoms with Crippen LogP contribution in [0.25, 0.3) is 0 Å². The molecule has 0 aromatic heterocycles. The Hall–Kier alpha value is -1.70. The van der Waals surface area contributed by atoms with Crippen molar-refractivity contribution < 1.29 is 14.4 Å². The van der Waals surface area contributed by atoms with Crippen molar-refractivity contribution in [1.82, 2.24) is 10.2 Å². The number of rotatable bonds is 3. The van der Waals surface area contributed by atoms with Crippen LogP contribution in [-0.2, 0) is 16.1 Å². The number of amides is 3. The fourth-order valence-corrected chi connectivity index (χ4v) is 3.86. The van der Waals surface area contributed by atoms with Gasteiger partial charge in [-0.15, -0.1) is 0 Å². The Labute approximate surface area is 148 Å². The minimum atomic E-state index is -0.559. The summed E-state index contributed by atoms with van der Waals surface area (Å²) in [5.74, 6) is -0.618. The summed E-state index contributed by atoms with van der Waals surface area (Å²) in [6, 6.07) is 5.29. The first-order chi connectivity index (χ1) is 11.0. The summed E-state index contributed by atoms with van der Waals surface area (Å²) in [4.78, 5) is 37.9. The van der Waals surface area contributed by atoms with Gasteiger partial charge in [-0.2, -0.15) is 0 Å². The molecule has 2 heterocycles. The smallest absolute Gasteiger partial charge is 0.255 e. The van der Waals surface area contributed by atoms with Crippen LogP contribution in [0.3, 0.4) is 0 Å². The van der Waals surface area contributed by atoms with Crippen LogP contribution in [0.1, 0.15) is 47.2 Å². The zero-order valence-corrected chi connectivity index (χ0v) is 14.9. The van der Waals surface area contributed by atoms with Gasteiger partial charge in [0.05, 0.1) is 0 Å². The molecule has 0 bridgehead atoms. The quantitative estimate of drug-likeness (QED) is 0.599. The summed E-state index contributed by atoms with van der Waals surface area (Å²) in [7, 11) is 0. The van der Waals surface area contributed by atoms with Gasteiger partial charge in [0.15, 0.2) is 0 Å². The Kier molecular flexibility index (Phi) is 4.52. The van der Waals surface area contributed by atoms with E-state index in [2.05, 4.69) is 27.9 Å². The number of piperidine rings is 1. The normalized spacial score (nSPS) is 22.4. The van der Waals surface area contributed by atoms with Gasteiger partial charge in [-0.3, -0.25) is 19.7 Å². The lowest BCUT2D eigenvalue weighted by molar-refractivity contribution is -0.136. The highest BCUT2D eigenvalue weighted by Crippen LogP contribution is 2.33. The molecule has 3 rings (SSSR count). The number of allylic oxidation sites excluding steroid dienone is 1. The van der Waals surface area contributed by atoms with Crippen molar-refractivity contribution in [1.29, 1.82) is 0 Å². The first-order valence-corrected chi connectivity index (χ1v) is 8.80. The Morgan fingerprint density at radius 1 is 1.35 bits per heavy atom. The molecule has 1 aromatic carbocycles. The number of benzene rings is 1. The molecule has 2 unspecified atom stereocenters. The fraction of sp³-hybridized carbons (Fsp3) is 0.353. The van der Waals surface area contributed by atoms with Crippen molar-refractivity contribution in [3.63, 3.8) is 0 Å². The standard InChI is InChI=1S/C17H17IN2O3/c1-10(7-8-18)12-4-2-3-11-9-20(17(23)15(11)12)13-5-6-14(21)19-16(13)22/h2-4,7-8,10,13H,5-6,9H2,1H3,(H,19,21,22)/b8-7+. The highest BCUT2D eigenvalue weighted by atomic mass is 127. The minimum Gasteiger partial charge on any atom is -0.322 e. The van der Waals surface area contributed by atoms with Gasteiger partial charge in [-0.25, -0.2) is 0 Å². The molecule has 2 aliphatic heterocycles. The van der Waals surface area contributed by atoms with E-state index in [9.17, 15) is 14.4 Å². The molecule has 0 saturated carbocycles. The molecule has 1 aromatic rings. The second kappa shape index (κ2) is 6.43. The summed E-state index contributed by atoms with van der Waals surface area (Å²) in [5.41, 5.74) is 2.64. The minimum absolute atomic E-state index is 0.112. The van der Waals surface area contributed by atoms with E-state index in [0.29, 0.717) is 18.5 Å². The van der Waals surface area contributed by atoms with E-state index < -0.39 is 6.04 Å². The van der Waals surface area contributed by atoms with Crippen molar-refractivity contribution >= 4 is 40.3 Å². The van der Waals surface area contributed by atoms with Gasteiger partial charge < -0.3 is 4.90 Å². The number of nitrogens with zero attached hydrogens (tertiary/aromatic N) is 1. The lowest BCUT2D eigenvalue weighted by Crippen LogP contribution is -2.52. The first kappa shape index (κ1) is 16.2. The van der Waals surface area contributed by atoms with E-state index in [4.69, 9.17) is 0 Å². The van der Waals surface area contributed by atoms with Crippen molar-refractivity contribution in [3.8, 4) is 0 Å². The largest absolute Gasteiger partial charge is 0.322 e. The second-order valence-electron chi connectivity index (χ2n) is 5.89. The van der Waals surface area contributed by atoms with Gasteiger partial charge in [-0.05, 0) is 21.6 Å². The summed E-state index contributed by atoms with van der Waals surface area (Å²) in [6.07, 6.45) is 2.71. The number of hydrogen-bond acceptors (Lipinski definition) is 3. The maximum Gasteiger partial charge on any atom is 0.255 e. The molecule has 2 aliphatic rings. The number of carbonyl (C=O) groups is 3. The maximum atomic E-state index is 12.9. The molecule has 2 atom stereocenters. The zero-order valence-electron chi connectivity index (χ0n) is 12.7. The van der Waals surface area contributed by atoms with E-state index in [-0.39, 0.29) is 30.1 Å². The molecule has 1 N–H and O–H groups in total. The van der Waals surface area contributed by atoms with E-state index in [0.717, 1.165) is 11.1 Å². The molecule has 5 nitrogen and oxygen atoms in total. The van der Waals surface area contributed by atoms with Gasteiger partial charge in [0.2, 0.25) is 11.8 Å². The molecule has 0 aliphatic carbocycles. The summed E-state index contributed by atoms with van der Waals surface area (Å²) in [5, 5.41) is 2.33. The Morgan fingerprint density at radius 2 is 2.13 bits per heavy atom. The number of hydrogen-bond donors (Lipinski definition) is 1. The first-order valence-electron chi connectivity index (χ1n) is 7.56. The van der Waals surface area contributed by atoms with E-state index in [1.165, 1.54) is 0 Å². The van der Waals surface area contributed by atoms with Crippen LogP contribution in [0, 0.1) is 0 Å². The SMILES string of the molecule is CC(/C=C/I)c1cccc2c1C(=O)N(C1CCC(=O)NC1=O)C2. The lowest BCUT2D eigenvalue weighted by atomic mass is 9.93. The third kappa shape index (κ3) is 2.91. The topological polar surface area (TPSA) is 66.5 Å². The summed E-state index contributed by atoms with van der Waals surface area (Å²) in [6.45, 7) is 2.47.